The van der Waals surface area contributed by atoms with Crippen molar-refractivity contribution in [3.63, 3.8) is 0 Å². The predicted molar refractivity (Wildman–Crippen MR) is 93.5 cm³/mol. The standard InChI is InChI=1S/C20H18N2O2/c1-13(23)15-7-8-18-17(11-15)16-9-10-21-20(24)19(16)22(18)12-14-5-3-2-4-6-14/h2-8,11H,9-10,12H2,1H3,(H,21,24). The Labute approximate surface area is 140 Å². The van der Waals surface area contributed by atoms with Crippen LogP contribution in [-0.2, 0) is 13.0 Å². The van der Waals surface area contributed by atoms with Crippen molar-refractivity contribution < 1.29 is 9.59 Å². The topological polar surface area (TPSA) is 51.1 Å². The van der Waals surface area contributed by atoms with Crippen LogP contribution in [0.3, 0.4) is 0 Å². The first-order valence-corrected chi connectivity index (χ1v) is 8.13. The summed E-state index contributed by atoms with van der Waals surface area (Å²) in [6.45, 7) is 2.85. The third kappa shape index (κ3) is 2.31. The van der Waals surface area contributed by atoms with Crippen LogP contribution in [0.4, 0.5) is 0 Å². The summed E-state index contributed by atoms with van der Waals surface area (Å²) in [5.41, 5.74) is 4.61. The molecule has 0 unspecified atom stereocenters. The van der Waals surface area contributed by atoms with Crippen LogP contribution in [-0.4, -0.2) is 22.8 Å². The van der Waals surface area contributed by atoms with Gasteiger partial charge in [0.05, 0.1) is 0 Å². The van der Waals surface area contributed by atoms with E-state index in [1.807, 2.05) is 36.4 Å². The Kier molecular flexibility index (Phi) is 3.45. The van der Waals surface area contributed by atoms with E-state index in [-0.39, 0.29) is 11.7 Å². The SMILES string of the molecule is CC(=O)c1ccc2c(c1)c1c(n2Cc2ccccc2)C(=O)NCC1. The van der Waals surface area contributed by atoms with Crippen molar-refractivity contribution in [2.45, 2.75) is 19.9 Å². The van der Waals surface area contributed by atoms with Gasteiger partial charge in [-0.1, -0.05) is 30.3 Å². The molecule has 0 fully saturated rings. The number of amides is 1. The number of nitrogens with one attached hydrogen (secondary N) is 1. The molecule has 0 atom stereocenters. The molecule has 120 valence electrons. The highest BCUT2D eigenvalue weighted by atomic mass is 16.2. The van der Waals surface area contributed by atoms with Crippen LogP contribution in [0, 0.1) is 0 Å². The second-order valence-corrected chi connectivity index (χ2v) is 6.19. The Morgan fingerprint density at radius 3 is 2.71 bits per heavy atom. The maximum atomic E-state index is 12.5. The number of Topliss-reactive ketones (excluding diaryl/α,β-unsaturated/α-hetero) is 1. The Bertz CT molecular complexity index is 955. The number of rotatable bonds is 3. The van der Waals surface area contributed by atoms with E-state index in [1.54, 1.807) is 6.92 Å². The summed E-state index contributed by atoms with van der Waals surface area (Å²) in [7, 11) is 0. The van der Waals surface area contributed by atoms with E-state index in [9.17, 15) is 9.59 Å². The summed E-state index contributed by atoms with van der Waals surface area (Å²) < 4.78 is 2.07. The molecule has 1 amide bonds. The van der Waals surface area contributed by atoms with Crippen molar-refractivity contribution >= 4 is 22.6 Å². The number of carbonyl (C=O) groups excluding carboxylic acids is 2. The summed E-state index contributed by atoms with van der Waals surface area (Å²) in [5, 5.41) is 3.95. The van der Waals surface area contributed by atoms with Crippen LogP contribution in [0.25, 0.3) is 10.9 Å². The van der Waals surface area contributed by atoms with Crippen molar-refractivity contribution in [1.29, 1.82) is 0 Å². The van der Waals surface area contributed by atoms with Crippen LogP contribution in [0.2, 0.25) is 0 Å². The number of fused-ring (bicyclic) bond motifs is 3. The highest BCUT2D eigenvalue weighted by Gasteiger charge is 2.26. The van der Waals surface area contributed by atoms with E-state index in [0.717, 1.165) is 34.1 Å². The lowest BCUT2D eigenvalue weighted by atomic mass is 10.0. The molecule has 1 aliphatic heterocycles. The van der Waals surface area contributed by atoms with Crippen molar-refractivity contribution in [3.8, 4) is 0 Å². The van der Waals surface area contributed by atoms with Gasteiger partial charge in [-0.2, -0.15) is 0 Å². The average molecular weight is 318 g/mol. The zero-order valence-electron chi connectivity index (χ0n) is 13.5. The van der Waals surface area contributed by atoms with Crippen LogP contribution >= 0.6 is 0 Å². The summed E-state index contributed by atoms with van der Waals surface area (Å²) in [6, 6.07) is 15.8. The largest absolute Gasteiger partial charge is 0.350 e. The van der Waals surface area contributed by atoms with Gasteiger partial charge in [0.25, 0.3) is 5.91 Å². The van der Waals surface area contributed by atoms with Gasteiger partial charge in [0.2, 0.25) is 0 Å². The fourth-order valence-corrected chi connectivity index (χ4v) is 3.47. The third-order valence-corrected chi connectivity index (χ3v) is 4.63. The molecule has 0 spiro atoms. The molecule has 1 aromatic heterocycles. The average Bonchev–Trinajstić information content (AvgIpc) is 2.90. The number of aromatic nitrogens is 1. The van der Waals surface area contributed by atoms with Gasteiger partial charge < -0.3 is 9.88 Å². The number of hydrogen-bond acceptors (Lipinski definition) is 2. The van der Waals surface area contributed by atoms with Gasteiger partial charge >= 0.3 is 0 Å². The molecular formula is C20H18N2O2. The van der Waals surface area contributed by atoms with Gasteiger partial charge in [-0.25, -0.2) is 0 Å². The monoisotopic (exact) mass is 318 g/mol. The van der Waals surface area contributed by atoms with Crippen LogP contribution in [0.1, 0.15) is 38.9 Å². The number of benzene rings is 2. The van der Waals surface area contributed by atoms with Gasteiger partial charge in [-0.05, 0) is 42.7 Å². The minimum atomic E-state index is -0.0345. The van der Waals surface area contributed by atoms with Gasteiger partial charge in [0.1, 0.15) is 5.69 Å². The quantitative estimate of drug-likeness (QED) is 0.754. The highest BCUT2D eigenvalue weighted by Crippen LogP contribution is 2.30. The maximum absolute atomic E-state index is 12.5. The zero-order chi connectivity index (χ0) is 16.7. The first-order valence-electron chi connectivity index (χ1n) is 8.13. The normalized spacial score (nSPS) is 13.6. The lowest BCUT2D eigenvalue weighted by Crippen LogP contribution is -2.33. The molecule has 24 heavy (non-hydrogen) atoms. The van der Waals surface area contributed by atoms with Crippen molar-refractivity contribution in [3.05, 3.63) is 70.9 Å². The number of ketones is 1. The van der Waals surface area contributed by atoms with E-state index in [0.29, 0.717) is 18.7 Å². The van der Waals surface area contributed by atoms with E-state index >= 15 is 0 Å². The molecule has 0 aliphatic carbocycles. The first kappa shape index (κ1) is 14.7. The van der Waals surface area contributed by atoms with Crippen molar-refractivity contribution in [2.24, 2.45) is 0 Å². The fraction of sp³-hybridized carbons (Fsp3) is 0.200. The van der Waals surface area contributed by atoms with E-state index < -0.39 is 0 Å². The number of carbonyl (C=O) groups is 2. The minimum absolute atomic E-state index is 0.0345. The fourth-order valence-electron chi connectivity index (χ4n) is 3.47. The molecule has 1 N–H and O–H groups in total. The van der Waals surface area contributed by atoms with Crippen molar-refractivity contribution in [1.82, 2.24) is 9.88 Å². The van der Waals surface area contributed by atoms with Crippen LogP contribution in [0.15, 0.2) is 48.5 Å². The molecule has 1 aliphatic rings. The Morgan fingerprint density at radius 1 is 1.17 bits per heavy atom. The maximum Gasteiger partial charge on any atom is 0.268 e. The third-order valence-electron chi connectivity index (χ3n) is 4.63. The lowest BCUT2D eigenvalue weighted by Gasteiger charge is -2.16. The molecule has 2 aromatic carbocycles. The first-order chi connectivity index (χ1) is 11.6. The Morgan fingerprint density at radius 2 is 1.96 bits per heavy atom. The van der Waals surface area contributed by atoms with Gasteiger partial charge in [0, 0.05) is 29.6 Å². The smallest absolute Gasteiger partial charge is 0.268 e. The molecule has 3 aromatic rings. The van der Waals surface area contributed by atoms with Gasteiger partial charge in [-0.3, -0.25) is 9.59 Å². The molecular weight excluding hydrogens is 300 g/mol. The lowest BCUT2D eigenvalue weighted by molar-refractivity contribution is 0.0936. The second kappa shape index (κ2) is 5.64. The minimum Gasteiger partial charge on any atom is -0.350 e. The summed E-state index contributed by atoms with van der Waals surface area (Å²) in [4.78, 5) is 24.2. The number of nitrogens with zero attached hydrogens (tertiary/aromatic N) is 1. The van der Waals surface area contributed by atoms with E-state index in [2.05, 4.69) is 22.0 Å². The Hall–Kier alpha value is -2.88. The molecule has 4 nitrogen and oxygen atoms in total. The molecule has 4 heteroatoms. The van der Waals surface area contributed by atoms with Crippen LogP contribution < -0.4 is 5.32 Å². The predicted octanol–water partition coefficient (Wildman–Crippen LogP) is 3.18. The molecule has 0 bridgehead atoms. The molecule has 0 saturated carbocycles. The molecule has 0 saturated heterocycles. The summed E-state index contributed by atoms with van der Waals surface area (Å²) in [6.07, 6.45) is 0.792. The van der Waals surface area contributed by atoms with Gasteiger partial charge in [-0.15, -0.1) is 0 Å². The highest BCUT2D eigenvalue weighted by molar-refractivity contribution is 6.05. The van der Waals surface area contributed by atoms with E-state index in [4.69, 9.17) is 0 Å². The molecule has 4 rings (SSSR count). The Balaban J connectivity index is 1.96. The van der Waals surface area contributed by atoms with Crippen LogP contribution in [0.5, 0.6) is 0 Å². The second-order valence-electron chi connectivity index (χ2n) is 6.19. The molecule has 0 radical (unpaired) electrons. The summed E-state index contributed by atoms with van der Waals surface area (Å²) >= 11 is 0. The van der Waals surface area contributed by atoms with E-state index in [1.165, 1.54) is 0 Å². The van der Waals surface area contributed by atoms with Gasteiger partial charge in [0.15, 0.2) is 5.78 Å². The summed E-state index contributed by atoms with van der Waals surface area (Å²) in [5.74, 6) is 0.00877. The van der Waals surface area contributed by atoms with Crippen molar-refractivity contribution in [2.75, 3.05) is 6.54 Å². The number of hydrogen-bond donors (Lipinski definition) is 1. The zero-order valence-corrected chi connectivity index (χ0v) is 13.5. The molecule has 2 heterocycles.